The molecule has 2 aliphatic heterocycles. The smallest absolute Gasteiger partial charge is 0.162 e. The van der Waals surface area contributed by atoms with Crippen molar-refractivity contribution in [2.45, 2.75) is 91.1 Å². The summed E-state index contributed by atoms with van der Waals surface area (Å²) in [6.07, 6.45) is 7.47. The molecular weight excluding hydrogens is 571 g/mol. The fourth-order valence-electron chi connectivity index (χ4n) is 6.65. The molecule has 0 aromatic heterocycles. The Morgan fingerprint density at radius 2 is 1.49 bits per heavy atom. The first-order valence-corrected chi connectivity index (χ1v) is 16.0. The monoisotopic (exact) mass is 622 g/mol. The number of piperidine rings is 1. The number of likely N-dealkylation sites (tertiary alicyclic amines) is 1. The molecule has 0 N–H and O–H groups in total. The van der Waals surface area contributed by atoms with Crippen LogP contribution in [0.1, 0.15) is 96.6 Å². The fraction of sp³-hybridized carbons (Fsp3) is 0.500. The van der Waals surface area contributed by atoms with Crippen LogP contribution in [0, 0.1) is 12.8 Å². The maximum Gasteiger partial charge on any atom is 0.162 e. The van der Waals surface area contributed by atoms with E-state index in [-0.39, 0.29) is 30.2 Å². The van der Waals surface area contributed by atoms with Crippen molar-refractivity contribution in [3.8, 4) is 0 Å². The van der Waals surface area contributed by atoms with Crippen LogP contribution in [0.5, 0.6) is 0 Å². The average Bonchev–Trinajstić information content (AvgIpc) is 3.16. The summed E-state index contributed by atoms with van der Waals surface area (Å²) in [6.45, 7) is 15.6. The van der Waals surface area contributed by atoms with Crippen molar-refractivity contribution in [1.82, 2.24) is 9.80 Å². The van der Waals surface area contributed by atoms with Gasteiger partial charge in [-0.15, -0.1) is 24.8 Å². The van der Waals surface area contributed by atoms with Gasteiger partial charge in [0, 0.05) is 38.2 Å². The van der Waals surface area contributed by atoms with Gasteiger partial charge in [0.1, 0.15) is 0 Å². The van der Waals surface area contributed by atoms with E-state index in [0.717, 1.165) is 56.9 Å². The average molecular weight is 624 g/mol. The lowest BCUT2D eigenvalue weighted by atomic mass is 9.86. The van der Waals surface area contributed by atoms with Gasteiger partial charge in [-0.25, -0.2) is 0 Å². The number of aryl methyl sites for hydroxylation is 1. The third-order valence-corrected chi connectivity index (χ3v) is 9.50. The molecule has 5 rings (SSSR count). The maximum absolute atomic E-state index is 13.1. The number of carbonyl (C=O) groups is 1. The molecule has 0 bridgehead atoms. The quantitative estimate of drug-likeness (QED) is 0.222. The number of fused-ring (bicyclic) bond motifs is 1. The Bertz CT molecular complexity index is 1320. The molecule has 3 nitrogen and oxygen atoms in total. The zero-order valence-corrected chi connectivity index (χ0v) is 28.4. The molecule has 2 heterocycles. The second-order valence-electron chi connectivity index (χ2n) is 13.7. The minimum atomic E-state index is 0. The molecule has 0 atom stereocenters. The Labute approximate surface area is 273 Å². The number of ketones is 1. The SMILES string of the molecule is Cc1ccccc1CN1CCc2ccc(C(=O)CCCC3CCN(Cc4cccc(C(C)(C)C)c4)CC3)cc2CC1.Cl.Cl. The highest BCUT2D eigenvalue weighted by Gasteiger charge is 2.21. The predicted octanol–water partition coefficient (Wildman–Crippen LogP) is 9.00. The standard InChI is InChI=1S/C38H50N2O.2ClH/c1-29-9-5-6-12-35(29)28-40-23-19-32-15-16-34(26-33(32)20-24-40)37(41)14-8-10-30-17-21-39(22-18-30)27-31-11-7-13-36(25-31)38(2,3)4;;/h5-7,9,11-13,15-16,25-26,30H,8,10,14,17-24,27-28H2,1-4H3;2*1H. The van der Waals surface area contributed by atoms with Gasteiger partial charge >= 0.3 is 0 Å². The largest absolute Gasteiger partial charge is 0.299 e. The number of carbonyl (C=O) groups excluding carboxylic acids is 1. The summed E-state index contributed by atoms with van der Waals surface area (Å²) < 4.78 is 0. The number of hydrogen-bond donors (Lipinski definition) is 0. The second kappa shape index (κ2) is 16.2. The van der Waals surface area contributed by atoms with Gasteiger partial charge in [-0.3, -0.25) is 14.6 Å². The van der Waals surface area contributed by atoms with Crippen molar-refractivity contribution in [2.75, 3.05) is 26.2 Å². The summed E-state index contributed by atoms with van der Waals surface area (Å²) in [6, 6.07) is 24.4. The molecule has 1 fully saturated rings. The molecule has 0 unspecified atom stereocenters. The molecule has 0 radical (unpaired) electrons. The van der Waals surface area contributed by atoms with Crippen LogP contribution in [-0.4, -0.2) is 41.8 Å². The summed E-state index contributed by atoms with van der Waals surface area (Å²) in [4.78, 5) is 18.3. The van der Waals surface area contributed by atoms with E-state index in [9.17, 15) is 4.79 Å². The summed E-state index contributed by atoms with van der Waals surface area (Å²) in [5.41, 5.74) is 9.56. The molecular formula is C38H52Cl2N2O. The lowest BCUT2D eigenvalue weighted by Crippen LogP contribution is -2.33. The van der Waals surface area contributed by atoms with Gasteiger partial charge in [-0.05, 0) is 109 Å². The minimum Gasteiger partial charge on any atom is -0.299 e. The van der Waals surface area contributed by atoms with Gasteiger partial charge in [0.2, 0.25) is 0 Å². The molecule has 1 saturated heterocycles. The van der Waals surface area contributed by atoms with Crippen LogP contribution in [0.15, 0.2) is 66.7 Å². The van der Waals surface area contributed by atoms with Crippen molar-refractivity contribution in [3.63, 3.8) is 0 Å². The van der Waals surface area contributed by atoms with E-state index < -0.39 is 0 Å². The number of benzene rings is 3. The zero-order chi connectivity index (χ0) is 28.8. The second-order valence-corrected chi connectivity index (χ2v) is 13.7. The van der Waals surface area contributed by atoms with Crippen molar-refractivity contribution in [1.29, 1.82) is 0 Å². The van der Waals surface area contributed by atoms with E-state index >= 15 is 0 Å². The Morgan fingerprint density at radius 1 is 0.791 bits per heavy atom. The number of halogens is 2. The number of rotatable bonds is 9. The van der Waals surface area contributed by atoms with Crippen molar-refractivity contribution in [3.05, 3.63) is 106 Å². The van der Waals surface area contributed by atoms with E-state index in [4.69, 9.17) is 0 Å². The van der Waals surface area contributed by atoms with Gasteiger partial charge in [0.05, 0.1) is 0 Å². The topological polar surface area (TPSA) is 23.6 Å². The number of Topliss-reactive ketones (excluding diaryl/α,β-unsaturated/α-hetero) is 1. The van der Waals surface area contributed by atoms with Crippen molar-refractivity contribution in [2.24, 2.45) is 5.92 Å². The van der Waals surface area contributed by atoms with Crippen LogP contribution in [0.3, 0.4) is 0 Å². The molecule has 3 aromatic carbocycles. The van der Waals surface area contributed by atoms with Gasteiger partial charge in [-0.1, -0.05) is 81.4 Å². The Balaban J connectivity index is 0.00000253. The third-order valence-electron chi connectivity index (χ3n) is 9.50. The Morgan fingerprint density at radius 3 is 2.21 bits per heavy atom. The molecule has 43 heavy (non-hydrogen) atoms. The lowest BCUT2D eigenvalue weighted by molar-refractivity contribution is 0.0974. The normalized spacial score (nSPS) is 16.5. The summed E-state index contributed by atoms with van der Waals surface area (Å²) in [5, 5.41) is 0. The minimum absolute atomic E-state index is 0. The van der Waals surface area contributed by atoms with E-state index in [2.05, 4.69) is 104 Å². The first-order valence-electron chi connectivity index (χ1n) is 16.0. The van der Waals surface area contributed by atoms with Gasteiger partial charge in [0.15, 0.2) is 5.78 Å². The van der Waals surface area contributed by atoms with E-state index in [1.807, 2.05) is 0 Å². The lowest BCUT2D eigenvalue weighted by Gasteiger charge is -2.32. The first-order chi connectivity index (χ1) is 19.7. The summed E-state index contributed by atoms with van der Waals surface area (Å²) in [5.74, 6) is 1.08. The first kappa shape index (κ1) is 35.3. The predicted molar refractivity (Wildman–Crippen MR) is 186 cm³/mol. The third kappa shape index (κ3) is 9.91. The molecule has 0 spiro atoms. The van der Waals surface area contributed by atoms with Crippen LogP contribution in [0.25, 0.3) is 0 Å². The highest BCUT2D eigenvalue weighted by atomic mass is 35.5. The van der Waals surface area contributed by atoms with Crippen LogP contribution in [-0.2, 0) is 31.3 Å². The van der Waals surface area contributed by atoms with E-state index in [0.29, 0.717) is 12.2 Å². The van der Waals surface area contributed by atoms with Gasteiger partial charge < -0.3 is 0 Å². The summed E-state index contributed by atoms with van der Waals surface area (Å²) >= 11 is 0. The molecule has 0 amide bonds. The Kier molecular flexibility index (Phi) is 13.3. The highest BCUT2D eigenvalue weighted by Crippen LogP contribution is 2.27. The maximum atomic E-state index is 13.1. The van der Waals surface area contributed by atoms with Crippen molar-refractivity contribution >= 4 is 30.6 Å². The Hall–Kier alpha value is -2.17. The number of hydrogen-bond acceptors (Lipinski definition) is 3. The van der Waals surface area contributed by atoms with Crippen molar-refractivity contribution < 1.29 is 4.79 Å². The van der Waals surface area contributed by atoms with Gasteiger partial charge in [-0.2, -0.15) is 0 Å². The molecule has 0 saturated carbocycles. The van der Waals surface area contributed by atoms with E-state index in [1.165, 1.54) is 65.7 Å². The van der Waals surface area contributed by atoms with Gasteiger partial charge in [0.25, 0.3) is 0 Å². The molecule has 5 heteroatoms. The molecule has 0 aliphatic carbocycles. The zero-order valence-electron chi connectivity index (χ0n) is 26.7. The highest BCUT2D eigenvalue weighted by molar-refractivity contribution is 5.96. The molecule has 234 valence electrons. The fourth-order valence-corrected chi connectivity index (χ4v) is 6.65. The molecule has 2 aliphatic rings. The van der Waals surface area contributed by atoms with Crippen LogP contribution < -0.4 is 0 Å². The number of nitrogens with zero attached hydrogens (tertiary/aromatic N) is 2. The van der Waals surface area contributed by atoms with Crippen LogP contribution >= 0.6 is 24.8 Å². The van der Waals surface area contributed by atoms with E-state index in [1.54, 1.807) is 0 Å². The molecule has 3 aromatic rings. The van der Waals surface area contributed by atoms with Crippen LogP contribution in [0.2, 0.25) is 0 Å². The van der Waals surface area contributed by atoms with Crippen LogP contribution in [0.4, 0.5) is 0 Å². The summed E-state index contributed by atoms with van der Waals surface area (Å²) in [7, 11) is 0.